The Morgan fingerprint density at radius 3 is 1.25 bits per heavy atom. The second-order valence-corrected chi connectivity index (χ2v) is 8.57. The van der Waals surface area contributed by atoms with Crippen LogP contribution in [0.15, 0.2) is 153 Å². The maximum Gasteiger partial charge on any atom is 0.163 e. The van der Waals surface area contributed by atoms with Crippen molar-refractivity contribution in [3.05, 3.63) is 153 Å². The van der Waals surface area contributed by atoms with Gasteiger partial charge in [0.2, 0.25) is 0 Å². The summed E-state index contributed by atoms with van der Waals surface area (Å²) < 4.78 is 5.95. The third-order valence-corrected chi connectivity index (χ3v) is 5.77. The molecule has 0 saturated carbocycles. The molecular formula is C34H36ClN8Os. The van der Waals surface area contributed by atoms with Gasteiger partial charge in [-0.15, -0.1) is 0 Å². The average Bonchev–Trinajstić information content (AvgIpc) is 3.87. The van der Waals surface area contributed by atoms with Crippen molar-refractivity contribution in [2.75, 3.05) is 0 Å². The van der Waals surface area contributed by atoms with Crippen molar-refractivity contribution < 1.29 is 17.6 Å². The molecule has 10 heteroatoms. The average molecular weight is 782 g/mol. The molecule has 0 bridgehead atoms. The Balaban J connectivity index is 0.000000238. The monoisotopic (exact) mass is 783 g/mol. The Bertz CT molecular complexity index is 1470. The quantitative estimate of drug-likeness (QED) is 0.180. The summed E-state index contributed by atoms with van der Waals surface area (Å²) in [6.45, 7) is 0. The van der Waals surface area contributed by atoms with Crippen LogP contribution in [-0.4, -0.2) is 38.6 Å². The van der Waals surface area contributed by atoms with Crippen LogP contribution >= 0.6 is 9.64 Å². The number of pyridine rings is 2. The third kappa shape index (κ3) is 9.94. The Labute approximate surface area is 274 Å². The van der Waals surface area contributed by atoms with E-state index in [0.717, 1.165) is 34.4 Å². The van der Waals surface area contributed by atoms with Gasteiger partial charge in [0.1, 0.15) is 11.4 Å². The number of hydrogen-bond donors (Lipinski definition) is 0. The van der Waals surface area contributed by atoms with Gasteiger partial charge in [-0.2, -0.15) is 0 Å². The van der Waals surface area contributed by atoms with Crippen molar-refractivity contribution in [2.45, 2.75) is 14.9 Å². The Morgan fingerprint density at radius 1 is 0.500 bits per heavy atom. The molecule has 44 heavy (non-hydrogen) atoms. The fourth-order valence-electron chi connectivity index (χ4n) is 3.90. The minimum absolute atomic E-state index is 0. The number of nitrogens with zero attached hydrogens (tertiary/aromatic N) is 8. The molecule has 7 aromatic rings. The fraction of sp³-hybridized carbons (Fsp3) is 0.0882. The number of benzene rings is 2. The minimum Gasteiger partial charge on any atom is -0.299 e. The number of imidazole rings is 3. The van der Waals surface area contributed by atoms with Crippen LogP contribution in [0, 0.1) is 0 Å². The van der Waals surface area contributed by atoms with E-state index >= 15 is 0 Å². The molecule has 0 radical (unpaired) electrons. The first-order valence-corrected chi connectivity index (χ1v) is 16.0. The van der Waals surface area contributed by atoms with Crippen LogP contribution in [-0.2, 0) is 24.6 Å². The zero-order valence-electron chi connectivity index (χ0n) is 22.7. The van der Waals surface area contributed by atoms with Crippen LogP contribution in [0.2, 0.25) is 0 Å². The predicted octanol–water partition coefficient (Wildman–Crippen LogP) is 8.25. The summed E-state index contributed by atoms with van der Waals surface area (Å²) >= 11 is 1.33. The molecule has 0 fully saturated rings. The van der Waals surface area contributed by atoms with Gasteiger partial charge in [0.05, 0.1) is 6.33 Å². The van der Waals surface area contributed by atoms with E-state index in [0.29, 0.717) is 0 Å². The summed E-state index contributed by atoms with van der Waals surface area (Å²) in [5, 5.41) is 0. The molecule has 5 heterocycles. The minimum atomic E-state index is 0. The summed E-state index contributed by atoms with van der Waals surface area (Å²) in [4.78, 5) is 21.2. The molecule has 0 saturated heterocycles. The van der Waals surface area contributed by atoms with Crippen molar-refractivity contribution in [3.63, 3.8) is 0 Å². The number of aromatic nitrogens is 8. The van der Waals surface area contributed by atoms with Crippen molar-refractivity contribution in [3.8, 4) is 34.4 Å². The molecule has 0 spiro atoms. The van der Waals surface area contributed by atoms with E-state index in [1.165, 1.54) is 17.6 Å². The van der Waals surface area contributed by atoms with Gasteiger partial charge in [-0.25, -0.2) is 15.0 Å². The Kier molecular flexibility index (Phi) is 15.7. The molecule has 0 N–H and O–H groups in total. The maximum absolute atomic E-state index is 4.67. The van der Waals surface area contributed by atoms with Crippen molar-refractivity contribution in [1.29, 1.82) is 0 Å². The maximum atomic E-state index is 4.67. The van der Waals surface area contributed by atoms with Crippen LogP contribution in [0.25, 0.3) is 34.4 Å². The molecule has 5 aromatic heterocycles. The molecule has 7 rings (SSSR count). The zero-order chi connectivity index (χ0) is 29.4. The standard InChI is InChI=1S/2C14H11N3.C4H6N2.2CH4.ClH.Os/c2*1-2-6-12(7-3-1)17-11-10-16-14(17)13-8-4-5-9-15-13;1-6-3-2-5-4-6;;;;/h2*1-11H;2-4H,1H3;2*1H4;1H;/q;;;;;;+1/p-1. The van der Waals surface area contributed by atoms with E-state index < -0.39 is 0 Å². The van der Waals surface area contributed by atoms with Gasteiger partial charge in [0.15, 0.2) is 11.6 Å². The number of hydrogen-bond acceptors (Lipinski definition) is 5. The smallest absolute Gasteiger partial charge is 0.163 e. The SMILES string of the molecule is C.C.Cn1ccnc1.[Cl][Os].c1ccc(-n2ccnc2-c2ccccn2)cc1.c1ccc(-n2ccnc2-c2ccccn2)cc1. The van der Waals surface area contributed by atoms with E-state index in [9.17, 15) is 0 Å². The first-order chi connectivity index (χ1) is 20.8. The molecule has 0 unspecified atom stereocenters. The second-order valence-electron chi connectivity index (χ2n) is 8.57. The van der Waals surface area contributed by atoms with Gasteiger partial charge in [0, 0.05) is 68.0 Å². The molecule has 0 amide bonds. The fourth-order valence-corrected chi connectivity index (χ4v) is 3.90. The van der Waals surface area contributed by atoms with E-state index in [4.69, 9.17) is 0 Å². The van der Waals surface area contributed by atoms with Crippen LogP contribution in [0.5, 0.6) is 0 Å². The zero-order valence-corrected chi connectivity index (χ0v) is 26.0. The Hall–Kier alpha value is -4.70. The molecule has 0 atom stereocenters. The molecule has 2 aromatic carbocycles. The second kappa shape index (κ2) is 19.5. The van der Waals surface area contributed by atoms with E-state index in [-0.39, 0.29) is 14.9 Å². The predicted molar refractivity (Wildman–Crippen MR) is 176 cm³/mol. The van der Waals surface area contributed by atoms with Crippen molar-refractivity contribution in [2.24, 2.45) is 7.05 Å². The molecular weight excluding hydrogens is 746 g/mol. The summed E-state index contributed by atoms with van der Waals surface area (Å²) in [5.74, 6) is 1.72. The molecule has 8 nitrogen and oxygen atoms in total. The normalized spacial score (nSPS) is 9.34. The summed E-state index contributed by atoms with van der Waals surface area (Å²) in [5.41, 5.74) is 3.93. The molecule has 0 aliphatic carbocycles. The first kappa shape index (κ1) is 35.5. The van der Waals surface area contributed by atoms with Gasteiger partial charge in [0.25, 0.3) is 0 Å². The molecule has 227 valence electrons. The largest absolute Gasteiger partial charge is 0.299 e. The third-order valence-electron chi connectivity index (χ3n) is 5.77. The summed E-state index contributed by atoms with van der Waals surface area (Å²) in [6.07, 6.45) is 16.4. The number of halogens is 1. The van der Waals surface area contributed by atoms with Crippen LogP contribution in [0.4, 0.5) is 0 Å². The van der Waals surface area contributed by atoms with Crippen LogP contribution in [0.3, 0.4) is 0 Å². The summed E-state index contributed by atoms with van der Waals surface area (Å²) in [6, 6.07) is 31.9. The number of aryl methyl sites for hydroxylation is 1. The topological polar surface area (TPSA) is 79.2 Å². The van der Waals surface area contributed by atoms with E-state index in [1.807, 2.05) is 136 Å². The molecule has 0 aliphatic heterocycles. The van der Waals surface area contributed by atoms with Crippen LogP contribution < -0.4 is 0 Å². The van der Waals surface area contributed by atoms with Gasteiger partial charge in [-0.1, -0.05) is 63.4 Å². The van der Waals surface area contributed by atoms with Crippen LogP contribution in [0.1, 0.15) is 14.9 Å². The van der Waals surface area contributed by atoms with Gasteiger partial charge >= 0.3 is 27.2 Å². The van der Waals surface area contributed by atoms with Crippen molar-refractivity contribution in [1.82, 2.24) is 38.6 Å². The first-order valence-electron chi connectivity index (χ1n) is 12.9. The van der Waals surface area contributed by atoms with Gasteiger partial charge in [-0.05, 0) is 48.5 Å². The number of para-hydroxylation sites is 2. The van der Waals surface area contributed by atoms with Gasteiger partial charge < -0.3 is 4.57 Å². The van der Waals surface area contributed by atoms with Gasteiger partial charge in [-0.3, -0.25) is 19.1 Å². The van der Waals surface area contributed by atoms with E-state index in [1.54, 1.807) is 37.3 Å². The molecule has 0 aliphatic rings. The Morgan fingerprint density at radius 2 is 0.932 bits per heavy atom. The van der Waals surface area contributed by atoms with Crippen molar-refractivity contribution >= 4 is 9.64 Å². The number of rotatable bonds is 4. The van der Waals surface area contributed by atoms with E-state index in [2.05, 4.69) is 34.6 Å². The summed E-state index contributed by atoms with van der Waals surface area (Å²) in [7, 11) is 6.60.